The van der Waals surface area contributed by atoms with Crippen molar-refractivity contribution in [3.05, 3.63) is 23.8 Å². The summed E-state index contributed by atoms with van der Waals surface area (Å²) >= 11 is 0. The molecule has 1 aliphatic rings. The van der Waals surface area contributed by atoms with Crippen molar-refractivity contribution in [2.45, 2.75) is 46.0 Å². The molecule has 3 nitrogen and oxygen atoms in total. The van der Waals surface area contributed by atoms with Crippen LogP contribution in [0.4, 0.5) is 5.69 Å². The van der Waals surface area contributed by atoms with Gasteiger partial charge in [0.25, 0.3) is 0 Å². The number of amides is 1. The van der Waals surface area contributed by atoms with E-state index < -0.39 is 0 Å². The first-order valence-electron chi connectivity index (χ1n) is 7.59. The molecule has 0 atom stereocenters. The molecule has 1 aromatic rings. The number of hydrogen-bond acceptors (Lipinski definition) is 2. The van der Waals surface area contributed by atoms with Crippen LogP contribution in [0.15, 0.2) is 18.2 Å². The summed E-state index contributed by atoms with van der Waals surface area (Å²) in [5.41, 5.74) is 1.91. The molecule has 20 heavy (non-hydrogen) atoms. The second-order valence-electron chi connectivity index (χ2n) is 5.80. The fraction of sp³-hybridized carbons (Fsp3) is 0.588. The molecule has 0 saturated heterocycles. The SMILES string of the molecule is CCC1CCC(C(=O)Nc2ccc(C)c(OC)c2)CC1. The largest absolute Gasteiger partial charge is 0.496 e. The zero-order valence-corrected chi connectivity index (χ0v) is 12.7. The van der Waals surface area contributed by atoms with Gasteiger partial charge in [-0.15, -0.1) is 0 Å². The normalized spacial score (nSPS) is 22.4. The Bertz CT molecular complexity index is 462. The molecule has 110 valence electrons. The van der Waals surface area contributed by atoms with E-state index in [9.17, 15) is 4.79 Å². The van der Waals surface area contributed by atoms with E-state index in [1.165, 1.54) is 19.3 Å². The number of methoxy groups -OCH3 is 1. The second kappa shape index (κ2) is 6.78. The van der Waals surface area contributed by atoms with Crippen LogP contribution in [-0.2, 0) is 4.79 Å². The first-order valence-corrected chi connectivity index (χ1v) is 7.59. The molecule has 2 rings (SSSR count). The van der Waals surface area contributed by atoms with E-state index in [-0.39, 0.29) is 11.8 Å². The monoisotopic (exact) mass is 275 g/mol. The maximum Gasteiger partial charge on any atom is 0.227 e. The van der Waals surface area contributed by atoms with E-state index in [0.717, 1.165) is 35.8 Å². The molecule has 0 bridgehead atoms. The molecule has 1 fully saturated rings. The number of carbonyl (C=O) groups excluding carboxylic acids is 1. The predicted octanol–water partition coefficient (Wildman–Crippen LogP) is 4.16. The van der Waals surface area contributed by atoms with Gasteiger partial charge >= 0.3 is 0 Å². The summed E-state index contributed by atoms with van der Waals surface area (Å²) in [7, 11) is 1.65. The zero-order valence-electron chi connectivity index (χ0n) is 12.7. The fourth-order valence-corrected chi connectivity index (χ4v) is 2.97. The fourth-order valence-electron chi connectivity index (χ4n) is 2.97. The van der Waals surface area contributed by atoms with Crippen molar-refractivity contribution in [3.8, 4) is 5.75 Å². The van der Waals surface area contributed by atoms with Crippen LogP contribution < -0.4 is 10.1 Å². The minimum Gasteiger partial charge on any atom is -0.496 e. The van der Waals surface area contributed by atoms with Crippen LogP contribution in [0.2, 0.25) is 0 Å². The third kappa shape index (κ3) is 3.53. The van der Waals surface area contributed by atoms with Gasteiger partial charge in [-0.25, -0.2) is 0 Å². The first kappa shape index (κ1) is 14.9. The summed E-state index contributed by atoms with van der Waals surface area (Å²) in [5, 5.41) is 3.03. The number of hydrogen-bond donors (Lipinski definition) is 1. The van der Waals surface area contributed by atoms with Crippen molar-refractivity contribution >= 4 is 11.6 Å². The Morgan fingerprint density at radius 3 is 2.60 bits per heavy atom. The van der Waals surface area contributed by atoms with Gasteiger partial charge < -0.3 is 10.1 Å². The molecule has 0 heterocycles. The molecular weight excluding hydrogens is 250 g/mol. The van der Waals surface area contributed by atoms with E-state index in [4.69, 9.17) is 4.74 Å². The molecule has 1 saturated carbocycles. The molecule has 0 aliphatic heterocycles. The number of nitrogens with one attached hydrogen (secondary N) is 1. The lowest BCUT2D eigenvalue weighted by Crippen LogP contribution is -2.27. The van der Waals surface area contributed by atoms with E-state index in [1.807, 2.05) is 25.1 Å². The third-order valence-corrected chi connectivity index (χ3v) is 4.47. The lowest BCUT2D eigenvalue weighted by molar-refractivity contribution is -0.121. The molecule has 1 aromatic carbocycles. The number of carbonyl (C=O) groups is 1. The molecule has 1 N–H and O–H groups in total. The second-order valence-corrected chi connectivity index (χ2v) is 5.80. The molecule has 1 amide bonds. The van der Waals surface area contributed by atoms with Crippen molar-refractivity contribution < 1.29 is 9.53 Å². The Morgan fingerprint density at radius 2 is 2.00 bits per heavy atom. The van der Waals surface area contributed by atoms with E-state index in [1.54, 1.807) is 7.11 Å². The first-order chi connectivity index (χ1) is 9.63. The lowest BCUT2D eigenvalue weighted by atomic mass is 9.80. The number of ether oxygens (including phenoxy) is 1. The van der Waals surface area contributed by atoms with Gasteiger partial charge in [0, 0.05) is 17.7 Å². The lowest BCUT2D eigenvalue weighted by Gasteiger charge is -2.27. The smallest absolute Gasteiger partial charge is 0.227 e. The van der Waals surface area contributed by atoms with Gasteiger partial charge in [-0.3, -0.25) is 4.79 Å². The van der Waals surface area contributed by atoms with E-state index in [0.29, 0.717) is 0 Å². The van der Waals surface area contributed by atoms with Crippen LogP contribution in [0.5, 0.6) is 5.75 Å². The summed E-state index contributed by atoms with van der Waals surface area (Å²) in [6.07, 6.45) is 5.65. The van der Waals surface area contributed by atoms with Gasteiger partial charge in [0.05, 0.1) is 7.11 Å². The Labute approximate surface area is 121 Å². The maximum absolute atomic E-state index is 12.3. The molecule has 3 heteroatoms. The summed E-state index contributed by atoms with van der Waals surface area (Å²) in [6.45, 7) is 4.24. The number of benzene rings is 1. The molecular formula is C17H25NO2. The maximum atomic E-state index is 12.3. The summed E-state index contributed by atoms with van der Waals surface area (Å²) in [6, 6.07) is 5.81. The summed E-state index contributed by atoms with van der Waals surface area (Å²) in [4.78, 5) is 12.3. The highest BCUT2D eigenvalue weighted by Crippen LogP contribution is 2.31. The zero-order chi connectivity index (χ0) is 14.5. The van der Waals surface area contributed by atoms with Gasteiger partial charge in [-0.1, -0.05) is 19.4 Å². The predicted molar refractivity (Wildman–Crippen MR) is 82.1 cm³/mol. The van der Waals surface area contributed by atoms with Gasteiger partial charge in [-0.2, -0.15) is 0 Å². The Hall–Kier alpha value is -1.51. The summed E-state index contributed by atoms with van der Waals surface area (Å²) in [5.74, 6) is 1.96. The molecule has 0 spiro atoms. The summed E-state index contributed by atoms with van der Waals surface area (Å²) < 4.78 is 5.29. The van der Waals surface area contributed by atoms with Gasteiger partial charge in [-0.05, 0) is 50.2 Å². The number of aryl methyl sites for hydroxylation is 1. The Kier molecular flexibility index (Phi) is 5.05. The molecule has 0 radical (unpaired) electrons. The highest BCUT2D eigenvalue weighted by atomic mass is 16.5. The van der Waals surface area contributed by atoms with Crippen molar-refractivity contribution in [1.82, 2.24) is 0 Å². The van der Waals surface area contributed by atoms with Gasteiger partial charge in [0.2, 0.25) is 5.91 Å². The topological polar surface area (TPSA) is 38.3 Å². The van der Waals surface area contributed by atoms with E-state index >= 15 is 0 Å². The quantitative estimate of drug-likeness (QED) is 0.896. The average Bonchev–Trinajstić information content (AvgIpc) is 2.49. The van der Waals surface area contributed by atoms with Crippen molar-refractivity contribution in [2.24, 2.45) is 11.8 Å². The van der Waals surface area contributed by atoms with Crippen molar-refractivity contribution in [3.63, 3.8) is 0 Å². The Balaban J connectivity index is 1.95. The van der Waals surface area contributed by atoms with Crippen LogP contribution in [0.3, 0.4) is 0 Å². The van der Waals surface area contributed by atoms with E-state index in [2.05, 4.69) is 12.2 Å². The third-order valence-electron chi connectivity index (χ3n) is 4.47. The van der Waals surface area contributed by atoms with Crippen molar-refractivity contribution in [2.75, 3.05) is 12.4 Å². The van der Waals surface area contributed by atoms with Crippen LogP contribution in [0.25, 0.3) is 0 Å². The molecule has 0 aromatic heterocycles. The van der Waals surface area contributed by atoms with Crippen LogP contribution >= 0.6 is 0 Å². The van der Waals surface area contributed by atoms with Crippen LogP contribution in [0, 0.1) is 18.8 Å². The number of rotatable bonds is 4. The highest BCUT2D eigenvalue weighted by Gasteiger charge is 2.25. The Morgan fingerprint density at radius 1 is 1.30 bits per heavy atom. The van der Waals surface area contributed by atoms with Gasteiger partial charge in [0.15, 0.2) is 0 Å². The standard InChI is InChI=1S/C17H25NO2/c1-4-13-6-8-14(9-7-13)17(19)18-15-10-5-12(2)16(11-15)20-3/h5,10-11,13-14H,4,6-9H2,1-3H3,(H,18,19). The number of anilines is 1. The highest BCUT2D eigenvalue weighted by molar-refractivity contribution is 5.92. The minimum atomic E-state index is 0.158. The van der Waals surface area contributed by atoms with Crippen LogP contribution in [0.1, 0.15) is 44.6 Å². The molecule has 1 aliphatic carbocycles. The minimum absolute atomic E-state index is 0.158. The van der Waals surface area contributed by atoms with Gasteiger partial charge in [0.1, 0.15) is 5.75 Å². The molecule has 0 unspecified atom stereocenters. The van der Waals surface area contributed by atoms with Crippen molar-refractivity contribution in [1.29, 1.82) is 0 Å². The van der Waals surface area contributed by atoms with Crippen LogP contribution in [-0.4, -0.2) is 13.0 Å². The average molecular weight is 275 g/mol.